The maximum absolute atomic E-state index is 12.0. The lowest BCUT2D eigenvalue weighted by Gasteiger charge is -2.08. The number of furan rings is 1. The number of hydrogen-bond acceptors (Lipinski definition) is 7. The molecule has 0 N–H and O–H groups in total. The lowest BCUT2D eigenvalue weighted by atomic mass is 10.1. The summed E-state index contributed by atoms with van der Waals surface area (Å²) < 4.78 is 19.5. The van der Waals surface area contributed by atoms with Crippen molar-refractivity contribution in [2.24, 2.45) is 0 Å². The van der Waals surface area contributed by atoms with Crippen LogP contribution in [0.3, 0.4) is 0 Å². The molecule has 0 aliphatic carbocycles. The van der Waals surface area contributed by atoms with Crippen LogP contribution in [0.5, 0.6) is 5.75 Å². The molecule has 0 fully saturated rings. The van der Waals surface area contributed by atoms with Crippen molar-refractivity contribution >= 4 is 17.9 Å². The first-order chi connectivity index (χ1) is 10.9. The molecule has 0 amide bonds. The molecule has 7 nitrogen and oxygen atoms in total. The molecule has 2 aromatic rings. The summed E-state index contributed by atoms with van der Waals surface area (Å²) in [6, 6.07) is 6.92. The van der Waals surface area contributed by atoms with E-state index in [4.69, 9.17) is 9.15 Å². The molecule has 0 aliphatic heterocycles. The van der Waals surface area contributed by atoms with Crippen LogP contribution < -0.4 is 4.74 Å². The third kappa shape index (κ3) is 3.76. The van der Waals surface area contributed by atoms with E-state index in [-0.39, 0.29) is 22.6 Å². The van der Waals surface area contributed by atoms with Gasteiger partial charge in [0.05, 0.1) is 25.3 Å². The van der Waals surface area contributed by atoms with Gasteiger partial charge >= 0.3 is 17.9 Å². The highest BCUT2D eigenvalue weighted by molar-refractivity contribution is 5.96. The van der Waals surface area contributed by atoms with Crippen molar-refractivity contribution in [1.29, 1.82) is 0 Å². The number of hydrogen-bond donors (Lipinski definition) is 0. The van der Waals surface area contributed by atoms with E-state index in [0.717, 1.165) is 0 Å². The van der Waals surface area contributed by atoms with Crippen molar-refractivity contribution in [2.75, 3.05) is 14.2 Å². The zero-order chi connectivity index (χ0) is 17.0. The first kappa shape index (κ1) is 16.3. The molecule has 0 saturated heterocycles. The lowest BCUT2D eigenvalue weighted by Crippen LogP contribution is -2.11. The summed E-state index contributed by atoms with van der Waals surface area (Å²) in [7, 11) is 2.40. The van der Waals surface area contributed by atoms with E-state index in [9.17, 15) is 14.4 Å². The minimum absolute atomic E-state index is 0.00518. The monoisotopic (exact) mass is 318 g/mol. The lowest BCUT2D eigenvalue weighted by molar-refractivity contribution is 0.0591. The first-order valence-electron chi connectivity index (χ1n) is 6.55. The molecular formula is C16H14O7. The highest BCUT2D eigenvalue weighted by Gasteiger charge is 2.18. The summed E-state index contributed by atoms with van der Waals surface area (Å²) in [5.41, 5.74) is 0.0997. The van der Waals surface area contributed by atoms with Gasteiger partial charge in [0, 0.05) is 0 Å². The quantitative estimate of drug-likeness (QED) is 0.631. The van der Waals surface area contributed by atoms with Crippen LogP contribution in [-0.2, 0) is 9.47 Å². The van der Waals surface area contributed by atoms with Gasteiger partial charge in [-0.05, 0) is 37.3 Å². The minimum atomic E-state index is -0.754. The van der Waals surface area contributed by atoms with Crippen LogP contribution in [0.15, 0.2) is 34.7 Å². The second kappa shape index (κ2) is 6.78. The van der Waals surface area contributed by atoms with Crippen molar-refractivity contribution in [2.45, 2.75) is 6.92 Å². The molecule has 0 radical (unpaired) electrons. The number of aryl methyl sites for hydroxylation is 1. The Morgan fingerprint density at radius 1 is 0.870 bits per heavy atom. The Labute approximate surface area is 131 Å². The number of carbonyl (C=O) groups excluding carboxylic acids is 3. The van der Waals surface area contributed by atoms with Crippen LogP contribution in [0.25, 0.3) is 0 Å². The number of ether oxygens (including phenoxy) is 3. The number of carbonyl (C=O) groups is 3. The van der Waals surface area contributed by atoms with Crippen molar-refractivity contribution in [3.05, 3.63) is 53.0 Å². The normalized spacial score (nSPS) is 10.0. The van der Waals surface area contributed by atoms with Crippen LogP contribution in [0, 0.1) is 6.92 Å². The standard InChI is InChI=1S/C16H14O7/c1-9-4-5-13(22-9)16(19)23-12-7-10(14(17)20-2)6-11(8-12)15(18)21-3/h4-8H,1-3H3. The van der Waals surface area contributed by atoms with Crippen LogP contribution in [0.2, 0.25) is 0 Å². The first-order valence-corrected chi connectivity index (χ1v) is 6.55. The SMILES string of the molecule is COC(=O)c1cc(OC(=O)c2ccc(C)o2)cc(C(=O)OC)c1. The van der Waals surface area contributed by atoms with Gasteiger partial charge in [0.25, 0.3) is 0 Å². The van der Waals surface area contributed by atoms with E-state index in [1.807, 2.05) is 0 Å². The van der Waals surface area contributed by atoms with Gasteiger partial charge in [-0.25, -0.2) is 14.4 Å². The van der Waals surface area contributed by atoms with Gasteiger partial charge in [-0.1, -0.05) is 0 Å². The molecule has 0 unspecified atom stereocenters. The third-order valence-corrected chi connectivity index (χ3v) is 2.90. The van der Waals surface area contributed by atoms with Crippen molar-refractivity contribution in [3.8, 4) is 5.75 Å². The summed E-state index contributed by atoms with van der Waals surface area (Å²) in [6.45, 7) is 1.68. The van der Waals surface area contributed by atoms with Gasteiger partial charge in [-0.3, -0.25) is 0 Å². The van der Waals surface area contributed by atoms with Crippen molar-refractivity contribution in [1.82, 2.24) is 0 Å². The summed E-state index contributed by atoms with van der Waals surface area (Å²) >= 11 is 0. The number of benzene rings is 1. The van der Waals surface area contributed by atoms with Crippen LogP contribution in [0.1, 0.15) is 37.0 Å². The van der Waals surface area contributed by atoms with Gasteiger partial charge < -0.3 is 18.6 Å². The molecule has 1 aromatic heterocycles. The van der Waals surface area contributed by atoms with Gasteiger partial charge in [0.15, 0.2) is 0 Å². The Morgan fingerprint density at radius 3 is 1.87 bits per heavy atom. The molecule has 2 rings (SSSR count). The highest BCUT2D eigenvalue weighted by Crippen LogP contribution is 2.20. The maximum Gasteiger partial charge on any atom is 0.379 e. The molecule has 0 spiro atoms. The fourth-order valence-corrected chi connectivity index (χ4v) is 1.83. The van der Waals surface area contributed by atoms with Crippen LogP contribution >= 0.6 is 0 Å². The molecule has 0 saturated carbocycles. The van der Waals surface area contributed by atoms with E-state index in [1.165, 1.54) is 38.5 Å². The molecule has 23 heavy (non-hydrogen) atoms. The van der Waals surface area contributed by atoms with E-state index in [2.05, 4.69) is 9.47 Å². The molecular weight excluding hydrogens is 304 g/mol. The molecule has 1 aromatic carbocycles. The minimum Gasteiger partial charge on any atom is -0.465 e. The number of rotatable bonds is 4. The number of methoxy groups -OCH3 is 2. The highest BCUT2D eigenvalue weighted by atomic mass is 16.5. The van der Waals surface area contributed by atoms with E-state index in [1.54, 1.807) is 13.0 Å². The molecule has 1 heterocycles. The largest absolute Gasteiger partial charge is 0.465 e. The fraction of sp³-hybridized carbons (Fsp3) is 0.188. The van der Waals surface area contributed by atoms with E-state index < -0.39 is 17.9 Å². The second-order valence-electron chi connectivity index (χ2n) is 4.53. The Kier molecular flexibility index (Phi) is 4.80. The van der Waals surface area contributed by atoms with Gasteiger partial charge in [0.1, 0.15) is 11.5 Å². The Balaban J connectivity index is 2.34. The molecule has 0 bridgehead atoms. The van der Waals surface area contributed by atoms with Gasteiger partial charge in [0.2, 0.25) is 5.76 Å². The topological polar surface area (TPSA) is 92.0 Å². The van der Waals surface area contributed by atoms with Crippen molar-refractivity contribution in [3.63, 3.8) is 0 Å². The van der Waals surface area contributed by atoms with Gasteiger partial charge in [-0.2, -0.15) is 0 Å². The predicted octanol–water partition coefficient (Wildman–Crippen LogP) is 2.38. The summed E-state index contributed by atoms with van der Waals surface area (Å²) in [4.78, 5) is 35.3. The van der Waals surface area contributed by atoms with E-state index >= 15 is 0 Å². The molecule has 0 aliphatic rings. The Morgan fingerprint density at radius 2 is 1.43 bits per heavy atom. The number of esters is 3. The third-order valence-electron chi connectivity index (χ3n) is 2.90. The Hall–Kier alpha value is -3.09. The summed E-state index contributed by atoms with van der Waals surface area (Å²) in [5.74, 6) is -1.56. The van der Waals surface area contributed by atoms with Crippen molar-refractivity contribution < 1.29 is 33.0 Å². The van der Waals surface area contributed by atoms with E-state index in [0.29, 0.717) is 5.76 Å². The zero-order valence-corrected chi connectivity index (χ0v) is 12.7. The smallest absolute Gasteiger partial charge is 0.379 e. The summed E-state index contributed by atoms with van der Waals surface area (Å²) in [5, 5.41) is 0. The molecule has 0 atom stereocenters. The average molecular weight is 318 g/mol. The molecule has 7 heteroatoms. The van der Waals surface area contributed by atoms with Gasteiger partial charge in [-0.15, -0.1) is 0 Å². The zero-order valence-electron chi connectivity index (χ0n) is 12.7. The molecule has 120 valence electrons. The summed E-state index contributed by atoms with van der Waals surface area (Å²) in [6.07, 6.45) is 0. The average Bonchev–Trinajstić information content (AvgIpc) is 2.99. The second-order valence-corrected chi connectivity index (χ2v) is 4.53. The fourth-order valence-electron chi connectivity index (χ4n) is 1.83. The van der Waals surface area contributed by atoms with Crippen LogP contribution in [-0.4, -0.2) is 32.1 Å². The maximum atomic E-state index is 12.0. The predicted molar refractivity (Wildman–Crippen MR) is 77.5 cm³/mol. The van der Waals surface area contributed by atoms with Crippen LogP contribution in [0.4, 0.5) is 0 Å². The Bertz CT molecular complexity index is 723.